The minimum atomic E-state index is -1.20. The van der Waals surface area contributed by atoms with Crippen LogP contribution >= 0.6 is 0 Å². The van der Waals surface area contributed by atoms with Crippen LogP contribution in [-0.2, 0) is 35.0 Å². The van der Waals surface area contributed by atoms with Crippen LogP contribution in [0.15, 0.2) is 55.6 Å². The average molecular weight is 610 g/mol. The number of hydrogen-bond donors (Lipinski definition) is 1. The number of fused-ring (bicyclic) bond motifs is 1. The molecule has 240 valence electrons. The summed E-state index contributed by atoms with van der Waals surface area (Å²) in [4.78, 5) is 48.5. The van der Waals surface area contributed by atoms with Gasteiger partial charge in [0.05, 0.1) is 44.0 Å². The number of rotatable bonds is 15. The highest BCUT2D eigenvalue weighted by atomic mass is 16.6. The van der Waals surface area contributed by atoms with E-state index in [-0.39, 0.29) is 25.0 Å². The van der Waals surface area contributed by atoms with Gasteiger partial charge in [-0.1, -0.05) is 42.5 Å². The molecule has 2 amide bonds. The summed E-state index contributed by atoms with van der Waals surface area (Å²) in [5.41, 5.74) is -1.19. The van der Waals surface area contributed by atoms with Crippen molar-refractivity contribution in [3.05, 3.63) is 61.2 Å². The summed E-state index contributed by atoms with van der Waals surface area (Å²) in [6.07, 6.45) is 6.16. The van der Waals surface area contributed by atoms with Crippen LogP contribution in [0.2, 0.25) is 0 Å². The van der Waals surface area contributed by atoms with Crippen LogP contribution in [0.25, 0.3) is 0 Å². The second kappa shape index (κ2) is 13.9. The molecule has 4 fully saturated rings. The number of likely N-dealkylation sites (tertiary alicyclic amines) is 1. The quantitative estimate of drug-likeness (QED) is 0.183. The topological polar surface area (TPSA) is 109 Å². The molecule has 6 atom stereocenters. The number of aliphatic hydroxyl groups excluding tert-OH is 1. The molecular weight excluding hydrogens is 562 g/mol. The predicted octanol–water partition coefficient (Wildman–Crippen LogP) is 2.21. The first-order valence-electron chi connectivity index (χ1n) is 15.9. The van der Waals surface area contributed by atoms with Crippen LogP contribution in [0.3, 0.4) is 0 Å². The highest BCUT2D eigenvalue weighted by molar-refractivity contribution is 5.98. The smallest absolute Gasteiger partial charge is 0.312 e. The van der Waals surface area contributed by atoms with Gasteiger partial charge in [0.15, 0.2) is 0 Å². The number of amides is 2. The fourth-order valence-corrected chi connectivity index (χ4v) is 7.73. The minimum absolute atomic E-state index is 0.222. The molecule has 5 rings (SSSR count). The number of aliphatic hydroxyl groups is 1. The van der Waals surface area contributed by atoms with E-state index in [1.165, 1.54) is 0 Å². The van der Waals surface area contributed by atoms with E-state index < -0.39 is 41.1 Å². The maximum atomic E-state index is 14.7. The number of carbonyl (C=O) groups excluding carboxylic acids is 3. The molecule has 1 spiro atoms. The molecule has 1 N–H and O–H groups in total. The average Bonchev–Trinajstić information content (AvgIpc) is 3.61. The number of nitrogens with zero attached hydrogens (tertiary/aromatic N) is 3. The Morgan fingerprint density at radius 1 is 1.18 bits per heavy atom. The number of unbranched alkanes of at least 4 members (excludes halogenated alkanes) is 1. The Labute approximate surface area is 260 Å². The van der Waals surface area contributed by atoms with E-state index in [1.807, 2.05) is 37.3 Å². The maximum Gasteiger partial charge on any atom is 0.312 e. The lowest BCUT2D eigenvalue weighted by molar-refractivity contribution is -0.162. The SMILES string of the molecule is C=CCCCOC(=O)[C@H]1[C@H]2C(=O)N([C@@H](CO)Cc3ccccc3)C(C(=O)N(CC=C)CCN3CCOCC3)C23CC[C@]1(C)O3. The molecule has 4 heterocycles. The molecule has 4 aliphatic heterocycles. The van der Waals surface area contributed by atoms with Gasteiger partial charge in [0, 0.05) is 32.7 Å². The van der Waals surface area contributed by atoms with Gasteiger partial charge in [0.2, 0.25) is 11.8 Å². The third-order valence-corrected chi connectivity index (χ3v) is 9.87. The molecule has 0 radical (unpaired) electrons. The lowest BCUT2D eigenvalue weighted by Gasteiger charge is -2.40. The Morgan fingerprint density at radius 2 is 1.93 bits per heavy atom. The molecule has 0 aromatic heterocycles. The second-order valence-corrected chi connectivity index (χ2v) is 12.6. The van der Waals surface area contributed by atoms with Crippen molar-refractivity contribution in [3.8, 4) is 0 Å². The summed E-state index contributed by atoms with van der Waals surface area (Å²) in [5, 5.41) is 10.7. The van der Waals surface area contributed by atoms with Gasteiger partial charge in [-0.25, -0.2) is 0 Å². The standard InChI is InChI=1S/C34H47N3O7/c1-4-6-10-20-43-32(41)28-27-30(39)37(26(24-38)23-25-11-8-7-9-12-25)29(34(27)14-13-33(28,3)44-34)31(40)36(15-5-2)17-16-35-18-21-42-22-19-35/h4-5,7-9,11-12,26-29,38H,1-2,6,10,13-24H2,3H3/t26-,27+,28-,29?,33+,34?/m1/s1. The van der Waals surface area contributed by atoms with Crippen LogP contribution in [0.4, 0.5) is 0 Å². The van der Waals surface area contributed by atoms with E-state index in [2.05, 4.69) is 18.1 Å². The van der Waals surface area contributed by atoms with Crippen LogP contribution in [0.1, 0.15) is 38.2 Å². The lowest BCUT2D eigenvalue weighted by atomic mass is 9.66. The van der Waals surface area contributed by atoms with Crippen LogP contribution in [-0.4, -0.2) is 120 Å². The molecule has 0 saturated carbocycles. The predicted molar refractivity (Wildman–Crippen MR) is 165 cm³/mol. The number of benzene rings is 1. The first kappa shape index (κ1) is 32.3. The van der Waals surface area contributed by atoms with E-state index in [0.29, 0.717) is 65.0 Å². The van der Waals surface area contributed by atoms with Gasteiger partial charge < -0.3 is 29.1 Å². The largest absolute Gasteiger partial charge is 0.465 e. The van der Waals surface area contributed by atoms with Crippen molar-refractivity contribution >= 4 is 17.8 Å². The maximum absolute atomic E-state index is 14.7. The van der Waals surface area contributed by atoms with E-state index >= 15 is 0 Å². The van der Waals surface area contributed by atoms with Gasteiger partial charge in [-0.2, -0.15) is 0 Å². The van der Waals surface area contributed by atoms with Crippen LogP contribution in [0, 0.1) is 11.8 Å². The van der Waals surface area contributed by atoms with Gasteiger partial charge in [-0.15, -0.1) is 13.2 Å². The zero-order chi connectivity index (χ0) is 31.3. The summed E-state index contributed by atoms with van der Waals surface area (Å²) in [6, 6.07) is 7.94. The zero-order valence-corrected chi connectivity index (χ0v) is 25.9. The summed E-state index contributed by atoms with van der Waals surface area (Å²) in [5.74, 6) is -2.77. The summed E-state index contributed by atoms with van der Waals surface area (Å²) in [6.45, 7) is 13.7. The number of morpholine rings is 1. The van der Waals surface area contributed by atoms with Crippen LogP contribution < -0.4 is 0 Å². The number of carbonyl (C=O) groups is 3. The molecule has 2 bridgehead atoms. The summed E-state index contributed by atoms with van der Waals surface area (Å²) in [7, 11) is 0. The zero-order valence-electron chi connectivity index (χ0n) is 25.9. The van der Waals surface area contributed by atoms with Crippen molar-refractivity contribution in [3.63, 3.8) is 0 Å². The number of allylic oxidation sites excluding steroid dienone is 1. The fourth-order valence-electron chi connectivity index (χ4n) is 7.73. The number of hydrogen-bond acceptors (Lipinski definition) is 8. The first-order valence-corrected chi connectivity index (χ1v) is 15.9. The lowest BCUT2D eigenvalue weighted by Crippen LogP contribution is -2.60. The highest BCUT2D eigenvalue weighted by Crippen LogP contribution is 2.63. The van der Waals surface area contributed by atoms with E-state index in [4.69, 9.17) is 14.2 Å². The first-order chi connectivity index (χ1) is 21.3. The molecule has 10 heteroatoms. The molecular formula is C34H47N3O7. The Kier molecular flexibility index (Phi) is 10.2. The third kappa shape index (κ3) is 6.09. The van der Waals surface area contributed by atoms with Crippen molar-refractivity contribution in [2.45, 2.75) is 62.3 Å². The molecule has 0 aliphatic carbocycles. The molecule has 1 aromatic carbocycles. The third-order valence-electron chi connectivity index (χ3n) is 9.87. The van der Waals surface area contributed by atoms with Gasteiger partial charge in [-0.3, -0.25) is 19.3 Å². The summed E-state index contributed by atoms with van der Waals surface area (Å²) >= 11 is 0. The Morgan fingerprint density at radius 3 is 2.61 bits per heavy atom. The second-order valence-electron chi connectivity index (χ2n) is 12.6. The van der Waals surface area contributed by atoms with Crippen molar-refractivity contribution in [2.24, 2.45) is 11.8 Å². The molecule has 4 aliphatic rings. The van der Waals surface area contributed by atoms with Crippen LogP contribution in [0.5, 0.6) is 0 Å². The van der Waals surface area contributed by atoms with E-state index in [9.17, 15) is 19.5 Å². The number of esters is 1. The van der Waals surface area contributed by atoms with Gasteiger partial charge in [0.25, 0.3) is 0 Å². The van der Waals surface area contributed by atoms with Gasteiger partial charge in [-0.05, 0) is 44.6 Å². The molecule has 44 heavy (non-hydrogen) atoms. The van der Waals surface area contributed by atoms with Gasteiger partial charge >= 0.3 is 5.97 Å². The molecule has 4 saturated heterocycles. The molecule has 2 unspecified atom stereocenters. The summed E-state index contributed by atoms with van der Waals surface area (Å²) < 4.78 is 18.0. The van der Waals surface area contributed by atoms with Crippen molar-refractivity contribution in [1.29, 1.82) is 0 Å². The van der Waals surface area contributed by atoms with Crippen molar-refractivity contribution in [1.82, 2.24) is 14.7 Å². The van der Waals surface area contributed by atoms with E-state index in [0.717, 1.165) is 18.7 Å². The van der Waals surface area contributed by atoms with Gasteiger partial charge in [0.1, 0.15) is 17.6 Å². The number of ether oxygens (including phenoxy) is 3. The minimum Gasteiger partial charge on any atom is -0.465 e. The Hall–Kier alpha value is -3.05. The fraction of sp³-hybridized carbons (Fsp3) is 0.618. The Balaban J connectivity index is 1.49. The van der Waals surface area contributed by atoms with E-state index in [1.54, 1.807) is 22.0 Å². The highest BCUT2D eigenvalue weighted by Gasteiger charge is 2.79. The van der Waals surface area contributed by atoms with Crippen molar-refractivity contribution in [2.75, 3.05) is 59.2 Å². The molecule has 1 aromatic rings. The normalized spacial score (nSPS) is 30.2. The molecule has 10 nitrogen and oxygen atoms in total. The van der Waals surface area contributed by atoms with Crippen molar-refractivity contribution < 1.29 is 33.7 Å². The Bertz CT molecular complexity index is 1200. The monoisotopic (exact) mass is 609 g/mol.